The fraction of sp³-hybridized carbons (Fsp3) is 0.0833. The summed E-state index contributed by atoms with van der Waals surface area (Å²) in [5, 5.41) is 1.20. The van der Waals surface area contributed by atoms with Gasteiger partial charge in [0, 0.05) is 15.6 Å². The molecule has 3 nitrogen and oxygen atoms in total. The third-order valence-corrected chi connectivity index (χ3v) is 6.40. The minimum absolute atomic E-state index is 0.167. The second kappa shape index (κ2) is 9.45. The highest BCUT2D eigenvalue weighted by molar-refractivity contribution is 8.27. The molecule has 1 amide bonds. The maximum Gasteiger partial charge on any atom is 0.270 e. The molecule has 31 heavy (non-hydrogen) atoms. The lowest BCUT2D eigenvalue weighted by Crippen LogP contribution is -2.27. The number of thioether (sulfide) groups is 1. The monoisotopic (exact) mass is 485 g/mol. The van der Waals surface area contributed by atoms with Crippen molar-refractivity contribution in [3.05, 3.63) is 98.4 Å². The van der Waals surface area contributed by atoms with Crippen LogP contribution in [0.4, 0.5) is 5.69 Å². The maximum atomic E-state index is 13.1. The molecule has 1 heterocycles. The van der Waals surface area contributed by atoms with Crippen molar-refractivity contribution in [3.63, 3.8) is 0 Å². The summed E-state index contributed by atoms with van der Waals surface area (Å²) in [6.45, 7) is 2.34. The summed E-state index contributed by atoms with van der Waals surface area (Å²) in [5.41, 5.74) is 3.52. The van der Waals surface area contributed by atoms with Crippen LogP contribution in [0.25, 0.3) is 6.08 Å². The number of thiocarbonyl (C=S) groups is 1. The number of nitrogens with zero attached hydrogens (tertiary/aromatic N) is 1. The molecule has 7 heteroatoms. The minimum atomic E-state index is -0.167. The SMILES string of the molecule is Cc1ccc(N2C(=O)/C(=C/c3cc(Cl)ccc3OCc3cccc(Cl)c3)SC2=S)cc1. The van der Waals surface area contributed by atoms with Crippen molar-refractivity contribution >= 4 is 69.2 Å². The van der Waals surface area contributed by atoms with E-state index in [9.17, 15) is 4.79 Å². The van der Waals surface area contributed by atoms with Gasteiger partial charge in [-0.25, -0.2) is 0 Å². The fourth-order valence-electron chi connectivity index (χ4n) is 3.08. The average Bonchev–Trinajstić information content (AvgIpc) is 3.01. The lowest BCUT2D eigenvalue weighted by molar-refractivity contribution is -0.113. The quantitative estimate of drug-likeness (QED) is 0.280. The summed E-state index contributed by atoms with van der Waals surface area (Å²) in [7, 11) is 0. The van der Waals surface area contributed by atoms with Crippen LogP contribution in [0.3, 0.4) is 0 Å². The number of aryl methyl sites for hydroxylation is 1. The largest absolute Gasteiger partial charge is 0.488 e. The van der Waals surface area contributed by atoms with Crippen molar-refractivity contribution in [3.8, 4) is 5.75 Å². The third-order valence-electron chi connectivity index (χ3n) is 4.63. The first-order valence-electron chi connectivity index (χ1n) is 9.42. The third kappa shape index (κ3) is 5.13. The van der Waals surface area contributed by atoms with Gasteiger partial charge >= 0.3 is 0 Å². The van der Waals surface area contributed by atoms with Crippen LogP contribution >= 0.6 is 47.2 Å². The minimum Gasteiger partial charge on any atom is -0.488 e. The van der Waals surface area contributed by atoms with Crippen molar-refractivity contribution in [2.45, 2.75) is 13.5 Å². The van der Waals surface area contributed by atoms with Gasteiger partial charge in [-0.05, 0) is 61.0 Å². The van der Waals surface area contributed by atoms with Gasteiger partial charge < -0.3 is 4.74 Å². The van der Waals surface area contributed by atoms with E-state index in [1.54, 1.807) is 29.2 Å². The molecule has 0 radical (unpaired) electrons. The van der Waals surface area contributed by atoms with Crippen LogP contribution in [0.2, 0.25) is 10.0 Å². The smallest absolute Gasteiger partial charge is 0.270 e. The maximum absolute atomic E-state index is 13.1. The second-order valence-electron chi connectivity index (χ2n) is 6.95. The Labute approximate surface area is 200 Å². The topological polar surface area (TPSA) is 29.5 Å². The van der Waals surface area contributed by atoms with Crippen LogP contribution < -0.4 is 9.64 Å². The first-order chi connectivity index (χ1) is 14.9. The van der Waals surface area contributed by atoms with Crippen molar-refractivity contribution in [1.29, 1.82) is 0 Å². The Kier molecular flexibility index (Phi) is 6.68. The summed E-state index contributed by atoms with van der Waals surface area (Å²) in [6, 6.07) is 20.5. The van der Waals surface area contributed by atoms with Crippen molar-refractivity contribution in [1.82, 2.24) is 0 Å². The molecule has 0 saturated carbocycles. The summed E-state index contributed by atoms with van der Waals surface area (Å²) >= 11 is 19.0. The molecule has 1 aliphatic heterocycles. The van der Waals surface area contributed by atoms with E-state index >= 15 is 0 Å². The lowest BCUT2D eigenvalue weighted by Gasteiger charge is -2.14. The van der Waals surface area contributed by atoms with Gasteiger partial charge in [0.15, 0.2) is 4.32 Å². The molecule has 0 spiro atoms. The Morgan fingerprint density at radius 1 is 1.03 bits per heavy atom. The number of benzene rings is 3. The molecular formula is C24H17Cl2NO2S2. The molecule has 0 N–H and O–H groups in total. The molecule has 156 valence electrons. The Balaban J connectivity index is 1.60. The number of carbonyl (C=O) groups is 1. The normalized spacial score (nSPS) is 15.1. The molecule has 0 unspecified atom stereocenters. The molecule has 0 bridgehead atoms. The van der Waals surface area contributed by atoms with E-state index < -0.39 is 0 Å². The number of carbonyl (C=O) groups excluding carboxylic acids is 1. The number of hydrogen-bond donors (Lipinski definition) is 0. The Hall–Kier alpha value is -2.31. The number of hydrogen-bond acceptors (Lipinski definition) is 4. The number of ether oxygens (including phenoxy) is 1. The zero-order chi connectivity index (χ0) is 22.0. The highest BCUT2D eigenvalue weighted by Crippen LogP contribution is 2.37. The van der Waals surface area contributed by atoms with Crippen LogP contribution in [0.5, 0.6) is 5.75 Å². The average molecular weight is 486 g/mol. The Morgan fingerprint density at radius 2 is 1.77 bits per heavy atom. The molecule has 1 aliphatic rings. The van der Waals surface area contributed by atoms with E-state index in [2.05, 4.69) is 0 Å². The van der Waals surface area contributed by atoms with Crippen LogP contribution in [0.15, 0.2) is 71.6 Å². The Bertz CT molecular complexity index is 1190. The molecule has 0 aromatic heterocycles. The standard InChI is InChI=1S/C24H17Cl2NO2S2/c1-15-5-8-20(9-6-15)27-23(28)22(31-24(27)30)13-17-12-19(26)7-10-21(17)29-14-16-3-2-4-18(25)11-16/h2-13H,14H2,1H3/b22-13-. The van der Waals surface area contributed by atoms with Crippen LogP contribution in [-0.2, 0) is 11.4 Å². The predicted octanol–water partition coefficient (Wildman–Crippen LogP) is 7.29. The molecule has 0 atom stereocenters. The van der Waals surface area contributed by atoms with Crippen LogP contribution in [-0.4, -0.2) is 10.2 Å². The van der Waals surface area contributed by atoms with E-state index in [-0.39, 0.29) is 5.91 Å². The fourth-order valence-corrected chi connectivity index (χ4v) is 4.76. The van der Waals surface area contributed by atoms with Gasteiger partial charge in [0.2, 0.25) is 0 Å². The second-order valence-corrected chi connectivity index (χ2v) is 9.50. The summed E-state index contributed by atoms with van der Waals surface area (Å²) in [5.74, 6) is 0.449. The highest BCUT2D eigenvalue weighted by Gasteiger charge is 2.33. The van der Waals surface area contributed by atoms with Crippen molar-refractivity contribution in [2.75, 3.05) is 4.90 Å². The van der Waals surface area contributed by atoms with E-state index in [0.29, 0.717) is 37.2 Å². The first-order valence-corrected chi connectivity index (χ1v) is 11.4. The summed E-state index contributed by atoms with van der Waals surface area (Å²) < 4.78 is 6.49. The van der Waals surface area contributed by atoms with E-state index in [1.165, 1.54) is 11.8 Å². The van der Waals surface area contributed by atoms with Gasteiger partial charge in [0.05, 0.1) is 10.6 Å². The van der Waals surface area contributed by atoms with Crippen molar-refractivity contribution in [2.24, 2.45) is 0 Å². The lowest BCUT2D eigenvalue weighted by atomic mass is 10.1. The van der Waals surface area contributed by atoms with E-state index in [0.717, 1.165) is 16.8 Å². The Morgan fingerprint density at radius 3 is 2.52 bits per heavy atom. The van der Waals surface area contributed by atoms with Crippen LogP contribution in [0.1, 0.15) is 16.7 Å². The molecule has 0 aliphatic carbocycles. The molecular weight excluding hydrogens is 469 g/mol. The van der Waals surface area contributed by atoms with Crippen LogP contribution in [0, 0.1) is 6.92 Å². The van der Waals surface area contributed by atoms with Crippen molar-refractivity contribution < 1.29 is 9.53 Å². The molecule has 3 aromatic carbocycles. The molecule has 1 fully saturated rings. The van der Waals surface area contributed by atoms with E-state index in [4.69, 9.17) is 40.2 Å². The zero-order valence-electron chi connectivity index (χ0n) is 16.5. The number of halogens is 2. The first kappa shape index (κ1) is 21.9. The summed E-state index contributed by atoms with van der Waals surface area (Å²) in [6.07, 6.45) is 1.77. The van der Waals surface area contributed by atoms with Gasteiger partial charge in [-0.1, -0.05) is 77.0 Å². The molecule has 1 saturated heterocycles. The van der Waals surface area contributed by atoms with Gasteiger partial charge in [-0.3, -0.25) is 9.69 Å². The highest BCUT2D eigenvalue weighted by atomic mass is 35.5. The van der Waals surface area contributed by atoms with E-state index in [1.807, 2.05) is 55.5 Å². The summed E-state index contributed by atoms with van der Waals surface area (Å²) in [4.78, 5) is 15.1. The van der Waals surface area contributed by atoms with Gasteiger partial charge in [-0.15, -0.1) is 0 Å². The number of amides is 1. The molecule has 3 aromatic rings. The van der Waals surface area contributed by atoms with Gasteiger partial charge in [0.25, 0.3) is 5.91 Å². The predicted molar refractivity (Wildman–Crippen MR) is 134 cm³/mol. The number of rotatable bonds is 5. The molecule has 4 rings (SSSR count). The zero-order valence-corrected chi connectivity index (χ0v) is 19.6. The van der Waals surface area contributed by atoms with Gasteiger partial charge in [-0.2, -0.15) is 0 Å². The van der Waals surface area contributed by atoms with Gasteiger partial charge in [0.1, 0.15) is 12.4 Å². The number of anilines is 1.